The summed E-state index contributed by atoms with van der Waals surface area (Å²) >= 11 is 0. The highest BCUT2D eigenvalue weighted by Gasteiger charge is 2.16. The van der Waals surface area contributed by atoms with E-state index in [1.807, 2.05) is 47.9 Å². The fraction of sp³-hybridized carbons (Fsp3) is 0.222. The first-order chi connectivity index (χ1) is 11.1. The summed E-state index contributed by atoms with van der Waals surface area (Å²) in [6.45, 7) is 2.42. The zero-order chi connectivity index (χ0) is 16.2. The van der Waals surface area contributed by atoms with Crippen LogP contribution in [-0.2, 0) is 11.2 Å². The van der Waals surface area contributed by atoms with Crippen molar-refractivity contribution in [1.29, 1.82) is 0 Å². The van der Waals surface area contributed by atoms with Crippen molar-refractivity contribution in [3.63, 3.8) is 0 Å². The van der Waals surface area contributed by atoms with E-state index in [9.17, 15) is 9.90 Å². The number of para-hydroxylation sites is 2. The van der Waals surface area contributed by atoms with Crippen LogP contribution in [0.5, 0.6) is 5.75 Å². The van der Waals surface area contributed by atoms with Gasteiger partial charge in [0, 0.05) is 6.54 Å². The molecule has 118 valence electrons. The lowest BCUT2D eigenvalue weighted by atomic mass is 10.1. The summed E-state index contributed by atoms with van der Waals surface area (Å²) in [5.41, 5.74) is 2.91. The minimum atomic E-state index is -0.317. The molecule has 1 aromatic heterocycles. The molecule has 0 aliphatic heterocycles. The fourth-order valence-corrected chi connectivity index (χ4v) is 2.55. The number of aromatic nitrogens is 2. The molecule has 0 saturated heterocycles. The molecule has 0 aliphatic carbocycles. The molecule has 0 radical (unpaired) electrons. The van der Waals surface area contributed by atoms with Crippen LogP contribution in [0.1, 0.15) is 18.5 Å². The van der Waals surface area contributed by atoms with Gasteiger partial charge in [0.05, 0.1) is 17.4 Å². The SMILES string of the molecule is C[C@@H](C(=O)NCCc1ccc(O)cc1)n1cnc2ccccc21. The van der Waals surface area contributed by atoms with E-state index in [0.29, 0.717) is 6.54 Å². The van der Waals surface area contributed by atoms with Crippen molar-refractivity contribution >= 4 is 16.9 Å². The average Bonchev–Trinajstić information content (AvgIpc) is 3.00. The standard InChI is InChI=1S/C18H19N3O2/c1-13(21-12-20-16-4-2-3-5-17(16)21)18(23)19-11-10-14-6-8-15(22)9-7-14/h2-9,12-13,22H,10-11H2,1H3,(H,19,23)/t13-/m0/s1. The van der Waals surface area contributed by atoms with Gasteiger partial charge in [0.1, 0.15) is 11.8 Å². The Morgan fingerprint density at radius 3 is 2.74 bits per heavy atom. The molecule has 0 spiro atoms. The van der Waals surface area contributed by atoms with Gasteiger partial charge in [-0.3, -0.25) is 4.79 Å². The van der Waals surface area contributed by atoms with Crippen molar-refractivity contribution in [2.75, 3.05) is 6.54 Å². The largest absolute Gasteiger partial charge is 0.508 e. The molecule has 0 unspecified atom stereocenters. The summed E-state index contributed by atoms with van der Waals surface area (Å²) < 4.78 is 1.88. The van der Waals surface area contributed by atoms with Gasteiger partial charge < -0.3 is 15.0 Å². The Hall–Kier alpha value is -2.82. The van der Waals surface area contributed by atoms with Crippen molar-refractivity contribution < 1.29 is 9.90 Å². The summed E-state index contributed by atoms with van der Waals surface area (Å²) in [5.74, 6) is 0.213. The molecule has 0 saturated carbocycles. The summed E-state index contributed by atoms with van der Waals surface area (Å²) in [6.07, 6.45) is 2.43. The fourth-order valence-electron chi connectivity index (χ4n) is 2.55. The molecule has 23 heavy (non-hydrogen) atoms. The van der Waals surface area contributed by atoms with E-state index in [1.165, 1.54) is 0 Å². The average molecular weight is 309 g/mol. The summed E-state index contributed by atoms with van der Waals surface area (Å²) in [5, 5.41) is 12.2. The molecule has 1 atom stereocenters. The lowest BCUT2D eigenvalue weighted by Crippen LogP contribution is -2.32. The number of carbonyl (C=O) groups is 1. The van der Waals surface area contributed by atoms with Gasteiger partial charge in [-0.05, 0) is 43.2 Å². The highest BCUT2D eigenvalue weighted by molar-refractivity contribution is 5.83. The van der Waals surface area contributed by atoms with Crippen molar-refractivity contribution in [3.8, 4) is 5.75 Å². The first-order valence-electron chi connectivity index (χ1n) is 7.62. The second kappa shape index (κ2) is 6.52. The minimum Gasteiger partial charge on any atom is -0.508 e. The molecule has 3 aromatic rings. The van der Waals surface area contributed by atoms with Gasteiger partial charge in [0.2, 0.25) is 5.91 Å². The Morgan fingerprint density at radius 2 is 1.96 bits per heavy atom. The third kappa shape index (κ3) is 3.34. The molecule has 5 nitrogen and oxygen atoms in total. The van der Waals surface area contributed by atoms with Crippen LogP contribution >= 0.6 is 0 Å². The lowest BCUT2D eigenvalue weighted by Gasteiger charge is -2.14. The monoisotopic (exact) mass is 309 g/mol. The van der Waals surface area contributed by atoms with Gasteiger partial charge in [0.15, 0.2) is 0 Å². The number of benzene rings is 2. The highest BCUT2D eigenvalue weighted by atomic mass is 16.3. The van der Waals surface area contributed by atoms with Crippen LogP contribution in [0.4, 0.5) is 0 Å². The number of imidazole rings is 1. The summed E-state index contributed by atoms with van der Waals surface area (Å²) in [4.78, 5) is 16.6. The quantitative estimate of drug-likeness (QED) is 0.761. The Balaban J connectivity index is 1.60. The first-order valence-corrected chi connectivity index (χ1v) is 7.62. The summed E-state index contributed by atoms with van der Waals surface area (Å²) in [7, 11) is 0. The van der Waals surface area contributed by atoms with Crippen LogP contribution in [0.3, 0.4) is 0 Å². The van der Waals surface area contributed by atoms with Crippen molar-refractivity contribution in [3.05, 3.63) is 60.4 Å². The number of nitrogens with one attached hydrogen (secondary N) is 1. The van der Waals surface area contributed by atoms with Gasteiger partial charge in [-0.25, -0.2) is 4.98 Å². The van der Waals surface area contributed by atoms with E-state index in [2.05, 4.69) is 10.3 Å². The van der Waals surface area contributed by atoms with Crippen molar-refractivity contribution in [2.24, 2.45) is 0 Å². The molecular weight excluding hydrogens is 290 g/mol. The molecule has 1 amide bonds. The van der Waals surface area contributed by atoms with E-state index in [1.54, 1.807) is 18.5 Å². The Bertz CT molecular complexity index is 809. The smallest absolute Gasteiger partial charge is 0.242 e. The number of rotatable bonds is 5. The zero-order valence-corrected chi connectivity index (χ0v) is 12.9. The number of aromatic hydroxyl groups is 1. The molecule has 2 aromatic carbocycles. The Morgan fingerprint density at radius 1 is 1.22 bits per heavy atom. The Kier molecular flexibility index (Phi) is 4.28. The van der Waals surface area contributed by atoms with Crippen molar-refractivity contribution in [1.82, 2.24) is 14.9 Å². The van der Waals surface area contributed by atoms with Gasteiger partial charge >= 0.3 is 0 Å². The van der Waals surface area contributed by atoms with E-state index in [4.69, 9.17) is 0 Å². The van der Waals surface area contributed by atoms with E-state index < -0.39 is 0 Å². The Labute approximate surface area is 134 Å². The zero-order valence-electron chi connectivity index (χ0n) is 12.9. The van der Waals surface area contributed by atoms with Crippen LogP contribution in [0.2, 0.25) is 0 Å². The van der Waals surface area contributed by atoms with Crippen LogP contribution < -0.4 is 5.32 Å². The second-order valence-electron chi connectivity index (χ2n) is 5.52. The number of carbonyl (C=O) groups excluding carboxylic acids is 1. The molecule has 2 N–H and O–H groups in total. The number of fused-ring (bicyclic) bond motifs is 1. The number of nitrogens with zero attached hydrogens (tertiary/aromatic N) is 2. The third-order valence-electron chi connectivity index (χ3n) is 3.93. The number of hydrogen-bond donors (Lipinski definition) is 2. The van der Waals surface area contributed by atoms with Gasteiger partial charge in [-0.15, -0.1) is 0 Å². The maximum atomic E-state index is 12.3. The normalized spacial score (nSPS) is 12.2. The maximum absolute atomic E-state index is 12.3. The number of amides is 1. The molecule has 3 rings (SSSR count). The molecule has 0 fully saturated rings. The predicted octanol–water partition coefficient (Wildman–Crippen LogP) is 2.66. The topological polar surface area (TPSA) is 67.2 Å². The maximum Gasteiger partial charge on any atom is 0.242 e. The number of phenols is 1. The van der Waals surface area contributed by atoms with Gasteiger partial charge in [-0.2, -0.15) is 0 Å². The minimum absolute atomic E-state index is 0.0352. The first kappa shape index (κ1) is 15.1. The molecular formula is C18H19N3O2. The van der Waals surface area contributed by atoms with Crippen molar-refractivity contribution in [2.45, 2.75) is 19.4 Å². The summed E-state index contributed by atoms with van der Waals surface area (Å²) in [6, 6.07) is 14.5. The van der Waals surface area contributed by atoms with Crippen LogP contribution in [-0.4, -0.2) is 27.1 Å². The van der Waals surface area contributed by atoms with E-state index in [0.717, 1.165) is 23.0 Å². The third-order valence-corrected chi connectivity index (χ3v) is 3.93. The molecule has 1 heterocycles. The van der Waals surface area contributed by atoms with Gasteiger partial charge in [0.25, 0.3) is 0 Å². The lowest BCUT2D eigenvalue weighted by molar-refractivity contribution is -0.123. The number of phenolic OH excluding ortho intramolecular Hbond substituents is 1. The molecule has 0 aliphatic rings. The van der Waals surface area contributed by atoms with E-state index in [-0.39, 0.29) is 17.7 Å². The van der Waals surface area contributed by atoms with Crippen LogP contribution in [0.15, 0.2) is 54.9 Å². The molecule has 0 bridgehead atoms. The van der Waals surface area contributed by atoms with E-state index >= 15 is 0 Å². The van der Waals surface area contributed by atoms with Gasteiger partial charge in [-0.1, -0.05) is 24.3 Å². The predicted molar refractivity (Wildman–Crippen MR) is 89.3 cm³/mol. The molecule has 5 heteroatoms. The second-order valence-corrected chi connectivity index (χ2v) is 5.52. The van der Waals surface area contributed by atoms with Crippen LogP contribution in [0.25, 0.3) is 11.0 Å². The highest BCUT2D eigenvalue weighted by Crippen LogP contribution is 2.17. The van der Waals surface area contributed by atoms with Crippen LogP contribution in [0, 0.1) is 0 Å². The number of hydrogen-bond acceptors (Lipinski definition) is 3.